The van der Waals surface area contributed by atoms with Crippen molar-refractivity contribution in [1.29, 1.82) is 0 Å². The minimum atomic E-state index is -0.661. The first-order chi connectivity index (χ1) is 9.93. The maximum absolute atomic E-state index is 12.3. The summed E-state index contributed by atoms with van der Waals surface area (Å²) in [4.78, 5) is 36.8. The van der Waals surface area contributed by atoms with Crippen LogP contribution in [0, 0.1) is 0 Å². The van der Waals surface area contributed by atoms with E-state index in [4.69, 9.17) is 5.73 Å². The first-order valence-corrected chi connectivity index (χ1v) is 7.01. The van der Waals surface area contributed by atoms with Crippen LogP contribution in [0.5, 0.6) is 0 Å². The lowest BCUT2D eigenvalue weighted by Crippen LogP contribution is -2.53. The number of imide groups is 1. The molecule has 7 nitrogen and oxygen atoms in total. The Kier molecular flexibility index (Phi) is 4.30. The van der Waals surface area contributed by atoms with Gasteiger partial charge in [0.25, 0.3) is 11.8 Å². The number of aromatic nitrogens is 1. The van der Waals surface area contributed by atoms with E-state index in [0.29, 0.717) is 24.3 Å². The number of nitrogens with two attached hydrogens (primary N) is 1. The summed E-state index contributed by atoms with van der Waals surface area (Å²) in [6.45, 7) is 2.68. The van der Waals surface area contributed by atoms with Gasteiger partial charge < -0.3 is 15.6 Å². The summed E-state index contributed by atoms with van der Waals surface area (Å²) in [6.07, 6.45) is 3.16. The van der Waals surface area contributed by atoms with Gasteiger partial charge in [-0.05, 0) is 18.9 Å². The molecule has 21 heavy (non-hydrogen) atoms. The number of amides is 3. The van der Waals surface area contributed by atoms with Crippen LogP contribution in [-0.4, -0.2) is 40.3 Å². The molecule has 3 amide bonds. The van der Waals surface area contributed by atoms with E-state index in [0.717, 1.165) is 11.3 Å². The molecular formula is C14H20N4O3. The fourth-order valence-corrected chi connectivity index (χ4v) is 2.43. The van der Waals surface area contributed by atoms with Gasteiger partial charge in [-0.2, -0.15) is 0 Å². The van der Waals surface area contributed by atoms with Crippen LogP contribution in [0.4, 0.5) is 5.69 Å². The summed E-state index contributed by atoms with van der Waals surface area (Å²) in [7, 11) is 1.43. The van der Waals surface area contributed by atoms with Crippen LogP contribution < -0.4 is 11.1 Å². The van der Waals surface area contributed by atoms with E-state index in [1.54, 1.807) is 16.8 Å². The molecule has 3 N–H and O–H groups in total. The van der Waals surface area contributed by atoms with Gasteiger partial charge in [-0.15, -0.1) is 0 Å². The molecule has 2 heterocycles. The van der Waals surface area contributed by atoms with E-state index in [9.17, 15) is 14.4 Å². The third-order valence-electron chi connectivity index (χ3n) is 3.57. The van der Waals surface area contributed by atoms with Crippen LogP contribution in [0.15, 0.2) is 12.3 Å². The monoisotopic (exact) mass is 292 g/mol. The highest BCUT2D eigenvalue weighted by Gasteiger charge is 2.33. The maximum Gasteiger partial charge on any atom is 0.268 e. The molecule has 0 aliphatic carbocycles. The second kappa shape index (κ2) is 5.99. The van der Waals surface area contributed by atoms with Gasteiger partial charge in [-0.3, -0.25) is 19.3 Å². The van der Waals surface area contributed by atoms with Crippen molar-refractivity contribution in [2.24, 2.45) is 0 Å². The number of likely N-dealkylation sites (N-methyl/N-ethyl adjacent to an activating group) is 1. The Bertz CT molecular complexity index is 579. The van der Waals surface area contributed by atoms with Crippen molar-refractivity contribution >= 4 is 23.4 Å². The summed E-state index contributed by atoms with van der Waals surface area (Å²) < 4.78 is 1.77. The Hall–Kier alpha value is -2.31. The number of aryl methyl sites for hydroxylation is 1. The average molecular weight is 292 g/mol. The molecule has 0 aromatic carbocycles. The SMILES string of the molecule is CCCn1cc(N)cc1C(=O)NC1CCC(=O)N(C)C1=O. The second-order valence-electron chi connectivity index (χ2n) is 5.21. The lowest BCUT2D eigenvalue weighted by atomic mass is 10.0. The fraction of sp³-hybridized carbons (Fsp3) is 0.500. The second-order valence-corrected chi connectivity index (χ2v) is 5.21. The number of carbonyl (C=O) groups is 3. The third kappa shape index (κ3) is 3.07. The zero-order valence-electron chi connectivity index (χ0n) is 12.3. The molecule has 114 valence electrons. The molecule has 2 rings (SSSR count). The molecule has 1 aromatic rings. The van der Waals surface area contributed by atoms with E-state index >= 15 is 0 Å². The van der Waals surface area contributed by atoms with Crippen LogP contribution in [0.3, 0.4) is 0 Å². The summed E-state index contributed by atoms with van der Waals surface area (Å²) in [5.74, 6) is -0.938. The lowest BCUT2D eigenvalue weighted by Gasteiger charge is -2.28. The minimum Gasteiger partial charge on any atom is -0.397 e. The Labute approximate surface area is 123 Å². The smallest absolute Gasteiger partial charge is 0.268 e. The van der Waals surface area contributed by atoms with Crippen molar-refractivity contribution in [3.63, 3.8) is 0 Å². The molecule has 1 fully saturated rings. The molecule has 7 heteroatoms. The molecule has 1 atom stereocenters. The van der Waals surface area contributed by atoms with E-state index < -0.39 is 6.04 Å². The van der Waals surface area contributed by atoms with Gasteiger partial charge in [-0.1, -0.05) is 6.92 Å². The molecule has 1 aromatic heterocycles. The molecule has 1 unspecified atom stereocenters. The lowest BCUT2D eigenvalue weighted by molar-refractivity contribution is -0.147. The molecule has 1 aliphatic rings. The van der Waals surface area contributed by atoms with Crippen molar-refractivity contribution in [2.45, 2.75) is 38.8 Å². The van der Waals surface area contributed by atoms with Gasteiger partial charge in [0.1, 0.15) is 11.7 Å². The number of nitrogen functional groups attached to an aromatic ring is 1. The maximum atomic E-state index is 12.3. The topological polar surface area (TPSA) is 97.4 Å². The van der Waals surface area contributed by atoms with Crippen molar-refractivity contribution in [2.75, 3.05) is 12.8 Å². The summed E-state index contributed by atoms with van der Waals surface area (Å²) >= 11 is 0. The number of piperidine rings is 1. The van der Waals surface area contributed by atoms with Crippen molar-refractivity contribution in [1.82, 2.24) is 14.8 Å². The van der Waals surface area contributed by atoms with Crippen molar-refractivity contribution < 1.29 is 14.4 Å². The number of carbonyl (C=O) groups excluding carboxylic acids is 3. The molecular weight excluding hydrogens is 272 g/mol. The van der Waals surface area contributed by atoms with Crippen LogP contribution >= 0.6 is 0 Å². The Morgan fingerprint density at radius 1 is 1.48 bits per heavy atom. The van der Waals surface area contributed by atoms with Gasteiger partial charge in [-0.25, -0.2) is 0 Å². The first-order valence-electron chi connectivity index (χ1n) is 7.01. The molecule has 0 saturated carbocycles. The van der Waals surface area contributed by atoms with Gasteiger partial charge in [0, 0.05) is 26.2 Å². The van der Waals surface area contributed by atoms with Crippen molar-refractivity contribution in [3.05, 3.63) is 18.0 Å². The van der Waals surface area contributed by atoms with Gasteiger partial charge >= 0.3 is 0 Å². The van der Waals surface area contributed by atoms with E-state index in [1.807, 2.05) is 6.92 Å². The minimum absolute atomic E-state index is 0.218. The fourth-order valence-electron chi connectivity index (χ4n) is 2.43. The van der Waals surface area contributed by atoms with Crippen LogP contribution in [0.2, 0.25) is 0 Å². The largest absolute Gasteiger partial charge is 0.397 e. The highest BCUT2D eigenvalue weighted by atomic mass is 16.2. The van der Waals surface area contributed by atoms with Gasteiger partial charge in [0.05, 0.1) is 5.69 Å². The molecule has 1 saturated heterocycles. The van der Waals surface area contributed by atoms with E-state index in [-0.39, 0.29) is 24.1 Å². The molecule has 0 radical (unpaired) electrons. The zero-order valence-corrected chi connectivity index (χ0v) is 12.3. The van der Waals surface area contributed by atoms with Crippen LogP contribution in [-0.2, 0) is 16.1 Å². The Balaban J connectivity index is 2.11. The summed E-state index contributed by atoms with van der Waals surface area (Å²) in [6, 6.07) is 0.930. The highest BCUT2D eigenvalue weighted by molar-refractivity contribution is 6.03. The van der Waals surface area contributed by atoms with E-state index in [2.05, 4.69) is 5.32 Å². The predicted octanol–water partition coefficient (Wildman–Crippen LogP) is 0.358. The third-order valence-corrected chi connectivity index (χ3v) is 3.57. The predicted molar refractivity (Wildman–Crippen MR) is 77.4 cm³/mol. The summed E-state index contributed by atoms with van der Waals surface area (Å²) in [5.41, 5.74) is 6.67. The number of hydrogen-bond acceptors (Lipinski definition) is 4. The molecule has 1 aliphatic heterocycles. The quantitative estimate of drug-likeness (QED) is 0.783. The first kappa shape index (κ1) is 15.1. The number of hydrogen-bond donors (Lipinski definition) is 2. The number of likely N-dealkylation sites (tertiary alicyclic amines) is 1. The zero-order chi connectivity index (χ0) is 15.6. The van der Waals surface area contributed by atoms with E-state index in [1.165, 1.54) is 7.05 Å². The average Bonchev–Trinajstić information content (AvgIpc) is 2.81. The van der Waals surface area contributed by atoms with Gasteiger partial charge in [0.15, 0.2) is 0 Å². The van der Waals surface area contributed by atoms with Crippen molar-refractivity contribution in [3.8, 4) is 0 Å². The molecule has 0 spiro atoms. The number of anilines is 1. The molecule has 0 bridgehead atoms. The summed E-state index contributed by atoms with van der Waals surface area (Å²) in [5, 5.41) is 2.69. The van der Waals surface area contributed by atoms with Gasteiger partial charge in [0.2, 0.25) is 5.91 Å². The van der Waals surface area contributed by atoms with Crippen LogP contribution in [0.1, 0.15) is 36.7 Å². The Morgan fingerprint density at radius 3 is 2.86 bits per heavy atom. The van der Waals surface area contributed by atoms with Crippen LogP contribution in [0.25, 0.3) is 0 Å². The normalized spacial score (nSPS) is 19.0. The number of nitrogens with zero attached hydrogens (tertiary/aromatic N) is 2. The standard InChI is InChI=1S/C14H20N4O3/c1-3-6-18-8-9(15)7-11(18)13(20)16-10-4-5-12(19)17(2)14(10)21/h7-8,10H,3-6,15H2,1-2H3,(H,16,20). The number of nitrogens with one attached hydrogen (secondary N) is 1. The Morgan fingerprint density at radius 2 is 2.19 bits per heavy atom. The number of rotatable bonds is 4. The highest BCUT2D eigenvalue weighted by Crippen LogP contribution is 2.15.